The minimum atomic E-state index is -0.868. The molecule has 0 aliphatic carbocycles. The summed E-state index contributed by atoms with van der Waals surface area (Å²) in [6, 6.07) is 0. The number of carbonyl (C=O) groups excluding carboxylic acids is 3. The lowest BCUT2D eigenvalue weighted by Gasteiger charge is -2.02. The second kappa shape index (κ2) is 3.87. The van der Waals surface area contributed by atoms with Crippen molar-refractivity contribution < 1.29 is 23.9 Å². The number of hydrogen-bond donors (Lipinski definition) is 0. The predicted octanol–water partition coefficient (Wildman–Crippen LogP) is 0.115. The Morgan fingerprint density at radius 1 is 1.57 bits per heavy atom. The maximum atomic E-state index is 11.1. The van der Waals surface area contributed by atoms with E-state index in [1.807, 2.05) is 0 Å². The van der Waals surface area contributed by atoms with E-state index in [2.05, 4.69) is 16.1 Å². The highest BCUT2D eigenvalue weighted by Gasteiger charge is 2.29. The lowest BCUT2D eigenvalue weighted by Crippen LogP contribution is -2.12. The molecule has 0 amide bonds. The van der Waals surface area contributed by atoms with E-state index in [9.17, 15) is 14.4 Å². The Hall–Kier alpha value is -1.91. The lowest BCUT2D eigenvalue weighted by atomic mass is 10.1. The van der Waals surface area contributed by atoms with E-state index in [0.29, 0.717) is 0 Å². The van der Waals surface area contributed by atoms with Crippen LogP contribution in [0.1, 0.15) is 6.92 Å². The smallest absolute Gasteiger partial charge is 0.347 e. The van der Waals surface area contributed by atoms with Gasteiger partial charge in [-0.1, -0.05) is 6.58 Å². The van der Waals surface area contributed by atoms with Crippen LogP contribution in [0.5, 0.6) is 0 Å². The molecule has 0 saturated heterocycles. The van der Waals surface area contributed by atoms with Crippen LogP contribution in [0.3, 0.4) is 0 Å². The number of cyclic esters (lactones) is 2. The molecule has 1 aliphatic rings. The van der Waals surface area contributed by atoms with Gasteiger partial charge in [0.1, 0.15) is 0 Å². The molecule has 0 radical (unpaired) electrons. The average molecular weight is 196 g/mol. The van der Waals surface area contributed by atoms with Crippen molar-refractivity contribution in [3.63, 3.8) is 0 Å². The van der Waals surface area contributed by atoms with Gasteiger partial charge in [-0.25, -0.2) is 14.4 Å². The molecule has 0 spiro atoms. The van der Waals surface area contributed by atoms with E-state index in [0.717, 1.165) is 6.08 Å². The van der Waals surface area contributed by atoms with Crippen LogP contribution >= 0.6 is 0 Å². The Balaban J connectivity index is 2.80. The summed E-state index contributed by atoms with van der Waals surface area (Å²) in [4.78, 5) is 32.7. The van der Waals surface area contributed by atoms with Gasteiger partial charge in [-0.05, 0) is 6.92 Å². The van der Waals surface area contributed by atoms with E-state index in [1.54, 1.807) is 6.92 Å². The number of carbonyl (C=O) groups is 3. The zero-order chi connectivity index (χ0) is 10.7. The summed E-state index contributed by atoms with van der Waals surface area (Å²) in [6.45, 7) is 5.14. The third-order valence-corrected chi connectivity index (χ3v) is 1.52. The molecular formula is C9H8O5. The molecule has 1 heterocycles. The van der Waals surface area contributed by atoms with Crippen molar-refractivity contribution in [1.82, 2.24) is 0 Å². The third-order valence-electron chi connectivity index (χ3n) is 1.52. The zero-order valence-corrected chi connectivity index (χ0v) is 7.53. The van der Waals surface area contributed by atoms with Crippen molar-refractivity contribution in [3.8, 4) is 0 Å². The fraction of sp³-hybridized carbons (Fsp3) is 0.222. The van der Waals surface area contributed by atoms with Crippen LogP contribution in [-0.2, 0) is 23.9 Å². The molecule has 14 heavy (non-hydrogen) atoms. The molecule has 0 aromatic carbocycles. The van der Waals surface area contributed by atoms with Gasteiger partial charge in [-0.15, -0.1) is 0 Å². The molecule has 5 heteroatoms. The second-order valence-corrected chi connectivity index (χ2v) is 2.47. The first-order chi connectivity index (χ1) is 6.56. The minimum absolute atomic E-state index is 0.145. The first kappa shape index (κ1) is 10.2. The van der Waals surface area contributed by atoms with Crippen LogP contribution in [0.4, 0.5) is 0 Å². The van der Waals surface area contributed by atoms with Crippen molar-refractivity contribution in [1.29, 1.82) is 0 Å². The Morgan fingerprint density at radius 3 is 2.64 bits per heavy atom. The van der Waals surface area contributed by atoms with Crippen LogP contribution in [0.2, 0.25) is 0 Å². The van der Waals surface area contributed by atoms with Crippen LogP contribution < -0.4 is 0 Å². The Kier molecular flexibility index (Phi) is 2.81. The molecule has 0 aromatic rings. The highest BCUT2D eigenvalue weighted by molar-refractivity contribution is 6.16. The average Bonchev–Trinajstić information content (AvgIpc) is 2.44. The SMILES string of the molecule is C=C(C(=O)OCC)C1=CC(=O)OC1=O. The Bertz CT molecular complexity index is 350. The second-order valence-electron chi connectivity index (χ2n) is 2.47. The number of hydrogen-bond acceptors (Lipinski definition) is 5. The molecule has 74 valence electrons. The Morgan fingerprint density at radius 2 is 2.21 bits per heavy atom. The van der Waals surface area contributed by atoms with Crippen molar-refractivity contribution >= 4 is 17.9 Å². The van der Waals surface area contributed by atoms with Crippen molar-refractivity contribution in [2.75, 3.05) is 6.61 Å². The van der Waals surface area contributed by atoms with E-state index >= 15 is 0 Å². The van der Waals surface area contributed by atoms with Crippen LogP contribution in [-0.4, -0.2) is 24.5 Å². The molecule has 0 atom stereocenters. The fourth-order valence-electron chi connectivity index (χ4n) is 0.891. The molecule has 0 saturated carbocycles. The molecule has 0 unspecified atom stereocenters. The largest absolute Gasteiger partial charge is 0.462 e. The van der Waals surface area contributed by atoms with Gasteiger partial charge < -0.3 is 9.47 Å². The quantitative estimate of drug-likeness (QED) is 0.364. The minimum Gasteiger partial charge on any atom is -0.462 e. The van der Waals surface area contributed by atoms with Gasteiger partial charge in [0, 0.05) is 6.08 Å². The summed E-state index contributed by atoms with van der Waals surface area (Å²) in [6.07, 6.45) is 0.918. The fourth-order valence-corrected chi connectivity index (χ4v) is 0.891. The van der Waals surface area contributed by atoms with Gasteiger partial charge in [-0.2, -0.15) is 0 Å². The topological polar surface area (TPSA) is 69.7 Å². The summed E-state index contributed by atoms with van der Waals surface area (Å²) in [5, 5.41) is 0. The standard InChI is InChI=1S/C9H8O5/c1-3-13-8(11)5(2)6-4-7(10)14-9(6)12/h4H,2-3H2,1H3. The monoisotopic (exact) mass is 196 g/mol. The molecule has 1 aliphatic heterocycles. The highest BCUT2D eigenvalue weighted by Crippen LogP contribution is 2.17. The van der Waals surface area contributed by atoms with Crippen LogP contribution in [0, 0.1) is 0 Å². The maximum Gasteiger partial charge on any atom is 0.347 e. The van der Waals surface area contributed by atoms with Crippen molar-refractivity contribution in [2.24, 2.45) is 0 Å². The summed E-state index contributed by atoms with van der Waals surface area (Å²) in [5.41, 5.74) is -0.309. The first-order valence-corrected chi connectivity index (χ1v) is 3.90. The molecule has 0 fully saturated rings. The lowest BCUT2D eigenvalue weighted by molar-refractivity contribution is -0.151. The van der Waals surface area contributed by atoms with Gasteiger partial charge in [0.2, 0.25) is 0 Å². The third kappa shape index (κ3) is 1.87. The van der Waals surface area contributed by atoms with Crippen LogP contribution in [0.15, 0.2) is 23.8 Å². The summed E-state index contributed by atoms with van der Waals surface area (Å²) in [7, 11) is 0. The number of rotatable bonds is 3. The van der Waals surface area contributed by atoms with E-state index < -0.39 is 17.9 Å². The van der Waals surface area contributed by atoms with E-state index in [4.69, 9.17) is 0 Å². The maximum absolute atomic E-state index is 11.1. The summed E-state index contributed by atoms with van der Waals surface area (Å²) in [5.74, 6) is -2.39. The molecule has 5 nitrogen and oxygen atoms in total. The first-order valence-electron chi connectivity index (χ1n) is 3.90. The summed E-state index contributed by atoms with van der Waals surface area (Å²) >= 11 is 0. The Labute approximate surface area is 80.0 Å². The van der Waals surface area contributed by atoms with E-state index in [-0.39, 0.29) is 17.8 Å². The molecule has 0 aromatic heterocycles. The van der Waals surface area contributed by atoms with Gasteiger partial charge in [0.15, 0.2) is 0 Å². The number of esters is 3. The molecule has 0 N–H and O–H groups in total. The van der Waals surface area contributed by atoms with Crippen molar-refractivity contribution in [3.05, 3.63) is 23.8 Å². The predicted molar refractivity (Wildman–Crippen MR) is 45.0 cm³/mol. The normalized spacial score (nSPS) is 14.8. The van der Waals surface area contributed by atoms with Crippen molar-refractivity contribution in [2.45, 2.75) is 6.92 Å². The summed E-state index contributed by atoms with van der Waals surface area (Å²) < 4.78 is 8.79. The highest BCUT2D eigenvalue weighted by atomic mass is 16.6. The molecular weight excluding hydrogens is 188 g/mol. The molecule has 1 rings (SSSR count). The zero-order valence-electron chi connectivity index (χ0n) is 7.53. The molecule has 0 bridgehead atoms. The van der Waals surface area contributed by atoms with Gasteiger partial charge in [-0.3, -0.25) is 0 Å². The van der Waals surface area contributed by atoms with Gasteiger partial charge in [0.05, 0.1) is 17.8 Å². The van der Waals surface area contributed by atoms with Gasteiger partial charge in [0.25, 0.3) is 0 Å². The number of ether oxygens (including phenoxy) is 2. The van der Waals surface area contributed by atoms with E-state index in [1.165, 1.54) is 0 Å². The van der Waals surface area contributed by atoms with Crippen LogP contribution in [0.25, 0.3) is 0 Å². The van der Waals surface area contributed by atoms with Gasteiger partial charge >= 0.3 is 17.9 Å².